The molecule has 2 aromatic heterocycles. The number of nitrogens with one attached hydrogen (secondary N) is 3. The van der Waals surface area contributed by atoms with E-state index in [-0.39, 0.29) is 73.4 Å². The molecular formula is C36H38N6O9. The average molecular weight is 699 g/mol. The molecule has 51 heavy (non-hydrogen) atoms. The second-order valence-electron chi connectivity index (χ2n) is 13.4. The van der Waals surface area contributed by atoms with Gasteiger partial charge in [0, 0.05) is 48.0 Å². The third-order valence-corrected chi connectivity index (χ3v) is 10.1. The number of carbonyl (C=O) groups is 6. The number of pyridine rings is 2. The highest BCUT2D eigenvalue weighted by Gasteiger charge is 2.35. The van der Waals surface area contributed by atoms with Crippen LogP contribution in [0.3, 0.4) is 0 Å². The van der Waals surface area contributed by atoms with Crippen molar-refractivity contribution in [2.75, 3.05) is 18.4 Å². The number of aryl methyl sites for hydroxylation is 2. The molecule has 1 aliphatic carbocycles. The fourth-order valence-electron chi connectivity index (χ4n) is 7.45. The lowest BCUT2D eigenvalue weighted by atomic mass is 9.86. The van der Waals surface area contributed by atoms with Crippen LogP contribution in [0.15, 0.2) is 23.0 Å². The summed E-state index contributed by atoms with van der Waals surface area (Å²) in [6.45, 7) is 1.72. The first kappa shape index (κ1) is 34.0. The molecule has 5 amide bonds. The van der Waals surface area contributed by atoms with E-state index in [0.29, 0.717) is 54.8 Å². The molecule has 4 N–H and O–H groups in total. The van der Waals surface area contributed by atoms with E-state index in [9.17, 15) is 38.7 Å². The molecule has 15 nitrogen and oxygen atoms in total. The molecule has 15 heteroatoms. The lowest BCUT2D eigenvalue weighted by Gasteiger charge is -2.23. The van der Waals surface area contributed by atoms with Crippen LogP contribution in [0.2, 0.25) is 0 Å². The molecule has 0 unspecified atom stereocenters. The Morgan fingerprint density at radius 3 is 2.51 bits per heavy atom. The molecule has 3 aromatic rings. The Morgan fingerprint density at radius 1 is 0.961 bits per heavy atom. The molecular weight excluding hydrogens is 660 g/mol. The van der Waals surface area contributed by atoms with Crippen molar-refractivity contribution in [1.29, 1.82) is 0 Å². The number of ether oxygens (including phenoxy) is 1. The summed E-state index contributed by atoms with van der Waals surface area (Å²) in [5.41, 5.74) is 5.48. The minimum atomic E-state index is -1.53. The standard InChI is InChI=1S/C36H38N6O9/c1-18(38-28(44)15-37-27(43)8-3-2-4-13-41-29(45)11-12-30(41)46)34(48)40-24-9-10-25-31-19(6-5-7-20(24)31)22-16-42-26(32(22)39-25)14-21-23(35(42)49)17-51-36(50)33(21)47/h9-10,14,18,33,47H,2-8,11-13,15-17H2,1H3,(H,37,43)(H,38,44)(H,40,48)/t18-,33-/m0/s1. The maximum atomic E-state index is 13.4. The van der Waals surface area contributed by atoms with E-state index in [0.717, 1.165) is 34.9 Å². The second-order valence-corrected chi connectivity index (χ2v) is 13.4. The van der Waals surface area contributed by atoms with Crippen LogP contribution in [0.4, 0.5) is 5.69 Å². The van der Waals surface area contributed by atoms with Gasteiger partial charge in [0.25, 0.3) is 5.56 Å². The molecule has 1 aromatic carbocycles. The highest BCUT2D eigenvalue weighted by Crippen LogP contribution is 2.42. The molecule has 5 heterocycles. The number of aliphatic hydroxyl groups excluding tert-OH is 1. The number of amides is 5. The van der Waals surface area contributed by atoms with E-state index in [1.807, 2.05) is 0 Å². The number of rotatable bonds is 11. The summed E-state index contributed by atoms with van der Waals surface area (Å²) in [4.78, 5) is 93.0. The minimum absolute atomic E-state index is 0.154. The summed E-state index contributed by atoms with van der Waals surface area (Å²) in [5, 5.41) is 19.5. The minimum Gasteiger partial charge on any atom is -0.458 e. The number of hydrogen-bond donors (Lipinski definition) is 4. The largest absolute Gasteiger partial charge is 0.458 e. The molecule has 0 spiro atoms. The Kier molecular flexibility index (Phi) is 9.14. The molecule has 1 saturated heterocycles. The van der Waals surface area contributed by atoms with Crippen LogP contribution >= 0.6 is 0 Å². The Morgan fingerprint density at radius 2 is 1.73 bits per heavy atom. The third kappa shape index (κ3) is 6.37. The molecule has 0 saturated carbocycles. The molecule has 2 atom stereocenters. The smallest absolute Gasteiger partial charge is 0.340 e. The predicted octanol–water partition coefficient (Wildman–Crippen LogP) is 1.27. The monoisotopic (exact) mass is 698 g/mol. The van der Waals surface area contributed by atoms with Gasteiger partial charge in [-0.25, -0.2) is 9.78 Å². The number of unbranched alkanes of at least 4 members (excludes halogenated alkanes) is 2. The highest BCUT2D eigenvalue weighted by atomic mass is 16.5. The van der Waals surface area contributed by atoms with Gasteiger partial charge in [0.05, 0.1) is 35.6 Å². The van der Waals surface area contributed by atoms with Crippen LogP contribution in [-0.2, 0) is 59.5 Å². The number of carbonyl (C=O) groups excluding carboxylic acids is 6. The van der Waals surface area contributed by atoms with Gasteiger partial charge in [0.1, 0.15) is 12.6 Å². The zero-order valence-electron chi connectivity index (χ0n) is 28.1. The Labute approximate surface area is 291 Å². The molecule has 4 aliphatic rings. The number of hydrogen-bond acceptors (Lipinski definition) is 10. The number of anilines is 1. The number of nitrogens with zero attached hydrogens (tertiary/aromatic N) is 3. The summed E-state index contributed by atoms with van der Waals surface area (Å²) < 4.78 is 6.60. The van der Waals surface area contributed by atoms with Gasteiger partial charge in [-0.2, -0.15) is 0 Å². The van der Waals surface area contributed by atoms with Crippen LogP contribution in [0.1, 0.15) is 85.8 Å². The van der Waals surface area contributed by atoms with E-state index < -0.39 is 29.9 Å². The van der Waals surface area contributed by atoms with Crippen molar-refractivity contribution < 1.29 is 38.6 Å². The fourth-order valence-corrected chi connectivity index (χ4v) is 7.45. The summed E-state index contributed by atoms with van der Waals surface area (Å²) in [6, 6.07) is 4.34. The van der Waals surface area contributed by atoms with E-state index >= 15 is 0 Å². The number of aromatic nitrogens is 2. The summed E-state index contributed by atoms with van der Waals surface area (Å²) in [7, 11) is 0. The number of fused-ring (bicyclic) bond motifs is 5. The highest BCUT2D eigenvalue weighted by molar-refractivity contribution is 6.03. The Hall–Kier alpha value is -5.44. The van der Waals surface area contributed by atoms with Crippen LogP contribution in [-0.4, -0.2) is 74.2 Å². The maximum Gasteiger partial charge on any atom is 0.340 e. The molecule has 0 bridgehead atoms. The SMILES string of the molecule is C[C@H](NC(=O)CNC(=O)CCCCCN1C(=O)CCC1=O)C(=O)Nc1ccc2nc3c(c4c2c1CCC4)Cn1c-3cc2c(c1=O)COC(=O)[C@H]2O. The second kappa shape index (κ2) is 13.7. The van der Waals surface area contributed by atoms with Crippen LogP contribution in [0, 0.1) is 0 Å². The van der Waals surface area contributed by atoms with Gasteiger partial charge < -0.3 is 30.4 Å². The van der Waals surface area contributed by atoms with Crippen LogP contribution in [0.5, 0.6) is 0 Å². The summed E-state index contributed by atoms with van der Waals surface area (Å²) in [6.07, 6.45) is 3.23. The van der Waals surface area contributed by atoms with E-state index in [1.54, 1.807) is 29.7 Å². The normalized spacial score (nSPS) is 17.8. The van der Waals surface area contributed by atoms with Crippen molar-refractivity contribution in [3.63, 3.8) is 0 Å². The van der Waals surface area contributed by atoms with Gasteiger partial charge in [-0.15, -0.1) is 0 Å². The first-order valence-electron chi connectivity index (χ1n) is 17.3. The van der Waals surface area contributed by atoms with Gasteiger partial charge in [-0.1, -0.05) is 6.42 Å². The van der Waals surface area contributed by atoms with Gasteiger partial charge in [0.15, 0.2) is 6.10 Å². The number of esters is 1. The first-order valence-corrected chi connectivity index (χ1v) is 17.3. The van der Waals surface area contributed by atoms with Crippen molar-refractivity contribution in [3.05, 3.63) is 56.4 Å². The fraction of sp³-hybridized carbons (Fsp3) is 0.444. The number of aliphatic hydroxyl groups is 1. The van der Waals surface area contributed by atoms with Gasteiger partial charge in [-0.05, 0) is 68.4 Å². The molecule has 1 fully saturated rings. The quantitative estimate of drug-likeness (QED) is 0.100. The van der Waals surface area contributed by atoms with Crippen molar-refractivity contribution in [1.82, 2.24) is 25.1 Å². The molecule has 7 rings (SSSR count). The van der Waals surface area contributed by atoms with Crippen molar-refractivity contribution in [2.45, 2.75) is 90.0 Å². The number of benzene rings is 1. The molecule has 0 radical (unpaired) electrons. The van der Waals surface area contributed by atoms with Gasteiger partial charge in [-0.3, -0.25) is 33.7 Å². The first-order chi connectivity index (χ1) is 24.5. The van der Waals surface area contributed by atoms with Crippen LogP contribution < -0.4 is 21.5 Å². The summed E-state index contributed by atoms with van der Waals surface area (Å²) >= 11 is 0. The Bertz CT molecular complexity index is 2070. The zero-order chi connectivity index (χ0) is 36.0. The number of imide groups is 1. The predicted molar refractivity (Wildman–Crippen MR) is 181 cm³/mol. The van der Waals surface area contributed by atoms with Crippen LogP contribution in [0.25, 0.3) is 22.3 Å². The van der Waals surface area contributed by atoms with E-state index in [4.69, 9.17) is 9.72 Å². The maximum absolute atomic E-state index is 13.4. The lowest BCUT2D eigenvalue weighted by Crippen LogP contribution is -2.46. The number of likely N-dealkylation sites (tertiary alicyclic amines) is 1. The lowest BCUT2D eigenvalue weighted by molar-refractivity contribution is -0.157. The molecule has 3 aliphatic heterocycles. The zero-order valence-corrected chi connectivity index (χ0v) is 28.1. The average Bonchev–Trinajstić information content (AvgIpc) is 3.65. The van der Waals surface area contributed by atoms with E-state index in [2.05, 4.69) is 16.0 Å². The third-order valence-electron chi connectivity index (χ3n) is 10.1. The van der Waals surface area contributed by atoms with Gasteiger partial charge in [0.2, 0.25) is 29.5 Å². The van der Waals surface area contributed by atoms with Crippen molar-refractivity contribution in [2.24, 2.45) is 0 Å². The van der Waals surface area contributed by atoms with Gasteiger partial charge >= 0.3 is 5.97 Å². The van der Waals surface area contributed by atoms with Crippen molar-refractivity contribution in [3.8, 4) is 11.4 Å². The number of cyclic esters (lactones) is 1. The topological polar surface area (TPSA) is 206 Å². The van der Waals surface area contributed by atoms with E-state index in [1.165, 1.54) is 4.90 Å². The van der Waals surface area contributed by atoms with Crippen molar-refractivity contribution >= 4 is 52.1 Å². The summed E-state index contributed by atoms with van der Waals surface area (Å²) in [5.74, 6) is -2.35. The Balaban J connectivity index is 0.965. The molecule has 266 valence electrons.